The van der Waals surface area contributed by atoms with E-state index in [2.05, 4.69) is 9.97 Å². The number of aryl methyl sites for hydroxylation is 1. The molecule has 144 valence electrons. The summed E-state index contributed by atoms with van der Waals surface area (Å²) in [5.41, 5.74) is 3.57. The summed E-state index contributed by atoms with van der Waals surface area (Å²) < 4.78 is 32.6. The lowest BCUT2D eigenvalue weighted by molar-refractivity contribution is 0.387. The summed E-state index contributed by atoms with van der Waals surface area (Å²) in [6.45, 7) is 2.58. The van der Waals surface area contributed by atoms with Gasteiger partial charge in [0.15, 0.2) is 5.82 Å². The van der Waals surface area contributed by atoms with Crippen molar-refractivity contribution in [3.8, 4) is 17.1 Å². The van der Waals surface area contributed by atoms with Crippen LogP contribution >= 0.6 is 0 Å². The molecule has 7 heteroatoms. The molecule has 6 nitrogen and oxygen atoms in total. The summed E-state index contributed by atoms with van der Waals surface area (Å²) in [5.74, 6) is 1.41. The van der Waals surface area contributed by atoms with Crippen molar-refractivity contribution in [2.75, 3.05) is 13.7 Å². The predicted molar refractivity (Wildman–Crippen MR) is 106 cm³/mol. The molecular weight excluding hydrogens is 374 g/mol. The van der Waals surface area contributed by atoms with E-state index in [-0.39, 0.29) is 6.54 Å². The Balaban J connectivity index is 1.59. The summed E-state index contributed by atoms with van der Waals surface area (Å²) >= 11 is 0. The van der Waals surface area contributed by atoms with Crippen molar-refractivity contribution in [2.24, 2.45) is 0 Å². The van der Waals surface area contributed by atoms with E-state index in [9.17, 15) is 8.42 Å². The second-order valence-electron chi connectivity index (χ2n) is 6.80. The molecule has 0 unspecified atom stereocenters. The lowest BCUT2D eigenvalue weighted by atomic mass is 10.1. The Labute approximate surface area is 164 Å². The Morgan fingerprint density at radius 2 is 1.89 bits per heavy atom. The molecule has 1 aliphatic heterocycles. The van der Waals surface area contributed by atoms with Gasteiger partial charge in [-0.05, 0) is 48.9 Å². The van der Waals surface area contributed by atoms with Crippen molar-refractivity contribution < 1.29 is 13.2 Å². The fourth-order valence-electron chi connectivity index (χ4n) is 3.30. The van der Waals surface area contributed by atoms with Gasteiger partial charge < -0.3 is 4.74 Å². The summed E-state index contributed by atoms with van der Waals surface area (Å²) in [6, 6.07) is 14.6. The monoisotopic (exact) mass is 395 g/mol. The highest BCUT2D eigenvalue weighted by molar-refractivity contribution is 7.89. The maximum Gasteiger partial charge on any atom is 0.243 e. The van der Waals surface area contributed by atoms with Crippen molar-refractivity contribution in [3.63, 3.8) is 0 Å². The number of nitrogens with zero attached hydrogens (tertiary/aromatic N) is 3. The van der Waals surface area contributed by atoms with Gasteiger partial charge in [0.25, 0.3) is 0 Å². The molecule has 0 radical (unpaired) electrons. The number of hydrogen-bond donors (Lipinski definition) is 0. The topological polar surface area (TPSA) is 72.4 Å². The number of methoxy groups -OCH3 is 1. The molecule has 1 aromatic heterocycles. The Hall–Kier alpha value is -2.77. The molecule has 0 amide bonds. The van der Waals surface area contributed by atoms with Gasteiger partial charge in [0.1, 0.15) is 5.75 Å². The minimum atomic E-state index is -3.53. The van der Waals surface area contributed by atoms with Crippen LogP contribution in [0, 0.1) is 6.92 Å². The SMILES string of the molecule is COc1ccc(-c2ncc3c(n2)CCN(S(=O)(=O)c2cccc(C)c2)C3)cc1. The van der Waals surface area contributed by atoms with Crippen molar-refractivity contribution >= 4 is 10.0 Å². The minimum absolute atomic E-state index is 0.286. The highest BCUT2D eigenvalue weighted by Crippen LogP contribution is 2.26. The first-order valence-corrected chi connectivity index (χ1v) is 10.5. The van der Waals surface area contributed by atoms with Crippen molar-refractivity contribution in [1.82, 2.24) is 14.3 Å². The zero-order chi connectivity index (χ0) is 19.7. The third-order valence-electron chi connectivity index (χ3n) is 4.87. The average molecular weight is 395 g/mol. The lowest BCUT2D eigenvalue weighted by Crippen LogP contribution is -2.36. The van der Waals surface area contributed by atoms with Crippen LogP contribution in [0.2, 0.25) is 0 Å². The van der Waals surface area contributed by atoms with E-state index >= 15 is 0 Å². The zero-order valence-electron chi connectivity index (χ0n) is 15.8. The van der Waals surface area contributed by atoms with Crippen LogP contribution in [0.25, 0.3) is 11.4 Å². The molecule has 0 fully saturated rings. The molecule has 1 aliphatic rings. The van der Waals surface area contributed by atoms with Gasteiger partial charge in [-0.15, -0.1) is 0 Å². The third kappa shape index (κ3) is 3.50. The van der Waals surface area contributed by atoms with Crippen molar-refractivity contribution in [1.29, 1.82) is 0 Å². The summed E-state index contributed by atoms with van der Waals surface area (Å²) in [4.78, 5) is 9.44. The van der Waals surface area contributed by atoms with Gasteiger partial charge in [-0.25, -0.2) is 18.4 Å². The van der Waals surface area contributed by atoms with Gasteiger partial charge in [-0.3, -0.25) is 0 Å². The molecule has 0 aliphatic carbocycles. The number of fused-ring (bicyclic) bond motifs is 1. The van der Waals surface area contributed by atoms with Gasteiger partial charge in [0.05, 0.1) is 17.7 Å². The first kappa shape index (κ1) is 18.6. The van der Waals surface area contributed by atoms with Crippen LogP contribution in [0.3, 0.4) is 0 Å². The molecule has 0 bridgehead atoms. The Morgan fingerprint density at radius 1 is 1.11 bits per heavy atom. The van der Waals surface area contributed by atoms with Gasteiger partial charge in [-0.1, -0.05) is 12.1 Å². The largest absolute Gasteiger partial charge is 0.497 e. The van der Waals surface area contributed by atoms with E-state index in [1.807, 2.05) is 37.3 Å². The molecule has 0 saturated heterocycles. The minimum Gasteiger partial charge on any atom is -0.497 e. The van der Waals surface area contributed by atoms with Crippen LogP contribution in [0.1, 0.15) is 16.8 Å². The van der Waals surface area contributed by atoms with Gasteiger partial charge in [0, 0.05) is 36.8 Å². The number of ether oxygens (including phenoxy) is 1. The normalized spacial score (nSPS) is 14.5. The van der Waals surface area contributed by atoms with E-state index in [1.54, 1.807) is 31.5 Å². The lowest BCUT2D eigenvalue weighted by Gasteiger charge is -2.27. The molecule has 0 atom stereocenters. The number of hydrogen-bond acceptors (Lipinski definition) is 5. The summed E-state index contributed by atoms with van der Waals surface area (Å²) in [7, 11) is -1.91. The number of aromatic nitrogens is 2. The Kier molecular flexibility index (Phi) is 4.87. The van der Waals surface area contributed by atoms with Crippen LogP contribution in [0.15, 0.2) is 59.6 Å². The molecule has 2 aromatic carbocycles. The molecule has 28 heavy (non-hydrogen) atoms. The molecule has 2 heterocycles. The van der Waals surface area contributed by atoms with Crippen LogP contribution in [0.5, 0.6) is 5.75 Å². The van der Waals surface area contributed by atoms with Crippen LogP contribution in [-0.2, 0) is 23.0 Å². The summed E-state index contributed by atoms with van der Waals surface area (Å²) in [5, 5.41) is 0. The second-order valence-corrected chi connectivity index (χ2v) is 8.74. The van der Waals surface area contributed by atoms with E-state index in [1.165, 1.54) is 4.31 Å². The van der Waals surface area contributed by atoms with Crippen LogP contribution in [0.4, 0.5) is 0 Å². The molecule has 4 rings (SSSR count). The molecular formula is C21H21N3O3S. The van der Waals surface area contributed by atoms with E-state index < -0.39 is 10.0 Å². The highest BCUT2D eigenvalue weighted by atomic mass is 32.2. The zero-order valence-corrected chi connectivity index (χ0v) is 16.6. The Morgan fingerprint density at radius 3 is 2.61 bits per heavy atom. The molecule has 0 N–H and O–H groups in total. The molecule has 0 spiro atoms. The van der Waals surface area contributed by atoms with Crippen LogP contribution < -0.4 is 4.74 Å². The number of sulfonamides is 1. The first-order chi connectivity index (χ1) is 13.5. The third-order valence-corrected chi connectivity index (χ3v) is 6.72. The standard InChI is InChI=1S/C21H21N3O3S/c1-15-4-3-5-19(12-15)28(25,26)24-11-10-20-17(14-24)13-22-21(23-20)16-6-8-18(27-2)9-7-16/h3-9,12-13H,10-11,14H2,1-2H3. The van der Waals surface area contributed by atoms with Crippen molar-refractivity contribution in [3.05, 3.63) is 71.5 Å². The van der Waals surface area contributed by atoms with Crippen molar-refractivity contribution in [2.45, 2.75) is 24.8 Å². The van der Waals surface area contributed by atoms with Gasteiger partial charge in [0.2, 0.25) is 10.0 Å². The fourth-order valence-corrected chi connectivity index (χ4v) is 4.82. The predicted octanol–water partition coefficient (Wildman–Crippen LogP) is 3.21. The molecule has 0 saturated carbocycles. The first-order valence-electron chi connectivity index (χ1n) is 9.03. The van der Waals surface area contributed by atoms with Gasteiger partial charge >= 0.3 is 0 Å². The maximum absolute atomic E-state index is 13.0. The van der Waals surface area contributed by atoms with E-state index in [4.69, 9.17) is 4.74 Å². The Bertz CT molecular complexity index is 1110. The second kappa shape index (κ2) is 7.33. The molecule has 3 aromatic rings. The fraction of sp³-hybridized carbons (Fsp3) is 0.238. The average Bonchev–Trinajstić information content (AvgIpc) is 2.73. The smallest absolute Gasteiger partial charge is 0.243 e. The number of benzene rings is 2. The summed E-state index contributed by atoms with van der Waals surface area (Å²) in [6.07, 6.45) is 2.30. The quantitative estimate of drug-likeness (QED) is 0.678. The van der Waals surface area contributed by atoms with Gasteiger partial charge in [-0.2, -0.15) is 4.31 Å². The maximum atomic E-state index is 13.0. The van der Waals surface area contributed by atoms with E-state index in [0.29, 0.717) is 23.7 Å². The highest BCUT2D eigenvalue weighted by Gasteiger charge is 2.29. The number of rotatable bonds is 4. The van der Waals surface area contributed by atoms with Crippen LogP contribution in [-0.4, -0.2) is 36.3 Å². The van der Waals surface area contributed by atoms with E-state index in [0.717, 1.165) is 28.1 Å².